The van der Waals surface area contributed by atoms with Gasteiger partial charge in [0.05, 0.1) is 4.90 Å². The summed E-state index contributed by atoms with van der Waals surface area (Å²) in [5, 5.41) is 0. The first-order chi connectivity index (χ1) is 7.40. The lowest BCUT2D eigenvalue weighted by molar-refractivity contribution is 0.581. The van der Waals surface area contributed by atoms with Gasteiger partial charge in [-0.2, -0.15) is 0 Å². The van der Waals surface area contributed by atoms with Gasteiger partial charge >= 0.3 is 0 Å². The monoisotopic (exact) mass is 241 g/mol. The molecule has 0 aliphatic rings. The van der Waals surface area contributed by atoms with Crippen LogP contribution in [0.4, 0.5) is 0 Å². The van der Waals surface area contributed by atoms with Gasteiger partial charge in [0.1, 0.15) is 0 Å². The molecule has 0 fully saturated rings. The molecule has 0 saturated carbocycles. The Kier molecular flexibility index (Phi) is 4.10. The third-order valence-corrected chi connectivity index (χ3v) is 4.23. The zero-order chi connectivity index (χ0) is 12.3. The van der Waals surface area contributed by atoms with Crippen LogP contribution >= 0.6 is 0 Å². The lowest BCUT2D eigenvalue weighted by atomic mass is 10.0. The summed E-state index contributed by atoms with van der Waals surface area (Å²) in [6.07, 6.45) is 0. The number of rotatable bonds is 4. The lowest BCUT2D eigenvalue weighted by Crippen LogP contribution is -2.25. The Morgan fingerprint density at radius 2 is 1.94 bits per heavy atom. The highest BCUT2D eigenvalue weighted by Gasteiger charge is 2.21. The fourth-order valence-corrected chi connectivity index (χ4v) is 3.39. The van der Waals surface area contributed by atoms with E-state index in [1.54, 1.807) is 6.92 Å². The van der Waals surface area contributed by atoms with Crippen LogP contribution < -0.4 is 4.72 Å². The van der Waals surface area contributed by atoms with E-state index in [1.807, 2.05) is 39.0 Å². The molecule has 0 amide bonds. The Bertz CT molecular complexity index is 464. The molecule has 0 aliphatic carbocycles. The fraction of sp³-hybridized carbons (Fsp3) is 0.500. The molecule has 0 atom stereocenters. The largest absolute Gasteiger partial charge is 0.241 e. The quantitative estimate of drug-likeness (QED) is 0.880. The molecule has 1 aromatic rings. The zero-order valence-corrected chi connectivity index (χ0v) is 11.1. The second-order valence-corrected chi connectivity index (χ2v) is 5.85. The van der Waals surface area contributed by atoms with E-state index in [4.69, 9.17) is 0 Å². The predicted octanol–water partition coefficient (Wildman–Crippen LogP) is 2.42. The Morgan fingerprint density at radius 3 is 2.44 bits per heavy atom. The number of benzene rings is 1. The van der Waals surface area contributed by atoms with Crippen LogP contribution in [0.1, 0.15) is 37.8 Å². The highest BCUT2D eigenvalue weighted by molar-refractivity contribution is 7.89. The van der Waals surface area contributed by atoms with Crippen LogP contribution in [0.5, 0.6) is 0 Å². The van der Waals surface area contributed by atoms with Crippen molar-refractivity contribution in [1.82, 2.24) is 4.72 Å². The van der Waals surface area contributed by atoms with Gasteiger partial charge in [0.2, 0.25) is 10.0 Å². The van der Waals surface area contributed by atoms with Crippen LogP contribution in [0.3, 0.4) is 0 Å². The minimum Gasteiger partial charge on any atom is -0.211 e. The lowest BCUT2D eigenvalue weighted by Gasteiger charge is -2.15. The summed E-state index contributed by atoms with van der Waals surface area (Å²) in [5.41, 5.74) is 1.67. The summed E-state index contributed by atoms with van der Waals surface area (Å²) < 4.78 is 26.7. The van der Waals surface area contributed by atoms with E-state index < -0.39 is 10.0 Å². The maximum Gasteiger partial charge on any atom is 0.241 e. The van der Waals surface area contributed by atoms with Crippen LogP contribution in [0, 0.1) is 6.92 Å². The van der Waals surface area contributed by atoms with E-state index in [-0.39, 0.29) is 5.92 Å². The molecule has 0 aliphatic heterocycles. The van der Waals surface area contributed by atoms with E-state index >= 15 is 0 Å². The molecule has 0 aromatic heterocycles. The smallest absolute Gasteiger partial charge is 0.211 e. The molecule has 16 heavy (non-hydrogen) atoms. The molecule has 0 spiro atoms. The standard InChI is InChI=1S/C12H19NO2S/c1-5-13-16(14,15)12-10(4)7-6-8-11(12)9(2)3/h6-9,13H,5H2,1-4H3. The molecule has 1 aromatic carbocycles. The summed E-state index contributed by atoms with van der Waals surface area (Å²) in [6.45, 7) is 8.02. The molecule has 1 rings (SSSR count). The number of hydrogen-bond acceptors (Lipinski definition) is 2. The predicted molar refractivity (Wildman–Crippen MR) is 66.1 cm³/mol. The third-order valence-electron chi connectivity index (χ3n) is 2.47. The minimum absolute atomic E-state index is 0.198. The van der Waals surface area contributed by atoms with Crippen LogP contribution in [0.25, 0.3) is 0 Å². The van der Waals surface area contributed by atoms with Gasteiger partial charge in [-0.25, -0.2) is 13.1 Å². The first kappa shape index (κ1) is 13.2. The Morgan fingerprint density at radius 1 is 1.31 bits per heavy atom. The van der Waals surface area contributed by atoms with E-state index in [9.17, 15) is 8.42 Å². The van der Waals surface area contributed by atoms with Crippen molar-refractivity contribution in [2.75, 3.05) is 6.54 Å². The second kappa shape index (κ2) is 4.97. The van der Waals surface area contributed by atoms with Gasteiger partial charge in [0.25, 0.3) is 0 Å². The Labute approximate surface area is 97.9 Å². The highest BCUT2D eigenvalue weighted by Crippen LogP contribution is 2.26. The van der Waals surface area contributed by atoms with E-state index in [1.165, 1.54) is 0 Å². The van der Waals surface area contributed by atoms with Crippen molar-refractivity contribution in [1.29, 1.82) is 0 Å². The third kappa shape index (κ3) is 2.62. The molecule has 90 valence electrons. The van der Waals surface area contributed by atoms with Crippen molar-refractivity contribution in [3.05, 3.63) is 29.3 Å². The van der Waals surface area contributed by atoms with Crippen molar-refractivity contribution in [2.24, 2.45) is 0 Å². The van der Waals surface area contributed by atoms with E-state index in [2.05, 4.69) is 4.72 Å². The van der Waals surface area contributed by atoms with Gasteiger partial charge in [-0.15, -0.1) is 0 Å². The average molecular weight is 241 g/mol. The van der Waals surface area contributed by atoms with Gasteiger partial charge in [0.15, 0.2) is 0 Å². The van der Waals surface area contributed by atoms with Crippen molar-refractivity contribution in [2.45, 2.75) is 38.5 Å². The maximum atomic E-state index is 12.1. The molecule has 4 heteroatoms. The van der Waals surface area contributed by atoms with Crippen molar-refractivity contribution >= 4 is 10.0 Å². The fourth-order valence-electron chi connectivity index (χ4n) is 1.76. The van der Waals surface area contributed by atoms with Gasteiger partial charge in [-0.05, 0) is 24.0 Å². The minimum atomic E-state index is -3.37. The van der Waals surface area contributed by atoms with Crippen LogP contribution in [-0.4, -0.2) is 15.0 Å². The molecule has 1 N–H and O–H groups in total. The summed E-state index contributed by atoms with van der Waals surface area (Å²) in [7, 11) is -3.37. The van der Waals surface area contributed by atoms with E-state index in [0.717, 1.165) is 11.1 Å². The molecular formula is C12H19NO2S. The normalized spacial score (nSPS) is 12.1. The number of sulfonamides is 1. The van der Waals surface area contributed by atoms with Gasteiger partial charge in [-0.3, -0.25) is 0 Å². The van der Waals surface area contributed by atoms with Gasteiger partial charge in [0, 0.05) is 6.54 Å². The van der Waals surface area contributed by atoms with Crippen molar-refractivity contribution in [3.63, 3.8) is 0 Å². The molecule has 3 nitrogen and oxygen atoms in total. The second-order valence-electron chi connectivity index (χ2n) is 4.15. The molecule has 0 unspecified atom stereocenters. The summed E-state index contributed by atoms with van der Waals surface area (Å²) in [6, 6.07) is 5.60. The first-order valence-electron chi connectivity index (χ1n) is 5.49. The summed E-state index contributed by atoms with van der Waals surface area (Å²) in [5.74, 6) is 0.198. The van der Waals surface area contributed by atoms with Gasteiger partial charge in [-0.1, -0.05) is 39.0 Å². The SMILES string of the molecule is CCNS(=O)(=O)c1c(C)cccc1C(C)C. The topological polar surface area (TPSA) is 46.2 Å². The number of aryl methyl sites for hydroxylation is 1. The highest BCUT2D eigenvalue weighted by atomic mass is 32.2. The molecule has 0 saturated heterocycles. The Hall–Kier alpha value is -0.870. The van der Waals surface area contributed by atoms with Crippen LogP contribution in [0.2, 0.25) is 0 Å². The molecule has 0 heterocycles. The summed E-state index contributed by atoms with van der Waals surface area (Å²) in [4.78, 5) is 0.437. The van der Waals surface area contributed by atoms with E-state index in [0.29, 0.717) is 11.4 Å². The van der Waals surface area contributed by atoms with Crippen molar-refractivity contribution in [3.8, 4) is 0 Å². The molecular weight excluding hydrogens is 222 g/mol. The summed E-state index contributed by atoms with van der Waals surface area (Å²) >= 11 is 0. The van der Waals surface area contributed by atoms with Crippen LogP contribution in [0.15, 0.2) is 23.1 Å². The van der Waals surface area contributed by atoms with Gasteiger partial charge < -0.3 is 0 Å². The average Bonchev–Trinajstić information content (AvgIpc) is 2.16. The number of nitrogens with one attached hydrogen (secondary N) is 1. The molecule has 0 radical (unpaired) electrons. The first-order valence-corrected chi connectivity index (χ1v) is 6.97. The Balaban J connectivity index is 3.42. The van der Waals surface area contributed by atoms with Crippen LogP contribution in [-0.2, 0) is 10.0 Å². The number of hydrogen-bond donors (Lipinski definition) is 1. The molecule has 0 bridgehead atoms. The van der Waals surface area contributed by atoms with Crippen molar-refractivity contribution < 1.29 is 8.42 Å². The maximum absolute atomic E-state index is 12.1. The zero-order valence-electron chi connectivity index (χ0n) is 10.2.